The van der Waals surface area contributed by atoms with Crippen LogP contribution in [0.15, 0.2) is 43.0 Å². The molecule has 0 bridgehead atoms. The van der Waals surface area contributed by atoms with Gasteiger partial charge in [-0.1, -0.05) is 12.1 Å². The predicted molar refractivity (Wildman–Crippen MR) is 79.5 cm³/mol. The molecule has 0 aliphatic carbocycles. The van der Waals surface area contributed by atoms with Crippen LogP contribution in [-0.2, 0) is 32.7 Å². The lowest BCUT2D eigenvalue weighted by Gasteiger charge is -2.15. The Hall–Kier alpha value is -2.83. The second-order valence-corrected chi connectivity index (χ2v) is 4.92. The molecule has 0 radical (unpaired) electrons. The number of aryl methyl sites for hydroxylation is 1. The second kappa shape index (κ2) is 7.44. The molecule has 1 unspecified atom stereocenters. The maximum absolute atomic E-state index is 12.1. The average molecular weight is 319 g/mol. The third-order valence-corrected chi connectivity index (χ3v) is 3.22. The van der Waals surface area contributed by atoms with Gasteiger partial charge in [-0.25, -0.2) is 18.7 Å². The third-order valence-electron chi connectivity index (χ3n) is 3.22. The van der Waals surface area contributed by atoms with Crippen LogP contribution in [0.25, 0.3) is 0 Å². The number of ether oxygens (including phenoxy) is 3. The Bertz CT molecular complexity index is 678. The first-order valence-electron chi connectivity index (χ1n) is 6.95. The fourth-order valence-corrected chi connectivity index (χ4v) is 2.05. The molecule has 0 N–H and O–H groups in total. The van der Waals surface area contributed by atoms with Crippen LogP contribution in [0.3, 0.4) is 0 Å². The van der Waals surface area contributed by atoms with Gasteiger partial charge in [-0.05, 0) is 12.1 Å². The summed E-state index contributed by atoms with van der Waals surface area (Å²) in [6, 6.07) is 6.68. The van der Waals surface area contributed by atoms with Crippen LogP contribution >= 0.6 is 0 Å². The summed E-state index contributed by atoms with van der Waals surface area (Å²) in [5.41, 5.74) is 0.518. The molecule has 7 heteroatoms. The van der Waals surface area contributed by atoms with E-state index in [0.29, 0.717) is 11.3 Å². The summed E-state index contributed by atoms with van der Waals surface area (Å²) in [5.74, 6) is -0.530. The second-order valence-electron chi connectivity index (χ2n) is 4.92. The van der Waals surface area contributed by atoms with Gasteiger partial charge in [0.15, 0.2) is 6.54 Å². The molecule has 0 saturated carbocycles. The summed E-state index contributed by atoms with van der Waals surface area (Å²) in [7, 11) is 4.64. The molecule has 0 aliphatic heterocycles. The Morgan fingerprint density at radius 3 is 2.43 bits per heavy atom. The molecule has 23 heavy (non-hydrogen) atoms. The van der Waals surface area contributed by atoms with E-state index in [1.165, 1.54) is 7.11 Å². The van der Waals surface area contributed by atoms with Crippen molar-refractivity contribution in [2.24, 2.45) is 7.05 Å². The van der Waals surface area contributed by atoms with Crippen molar-refractivity contribution >= 4 is 11.9 Å². The van der Waals surface area contributed by atoms with Gasteiger partial charge >= 0.3 is 11.9 Å². The van der Waals surface area contributed by atoms with Crippen molar-refractivity contribution in [3.63, 3.8) is 0 Å². The van der Waals surface area contributed by atoms with Crippen molar-refractivity contribution in [1.29, 1.82) is 0 Å². The highest BCUT2D eigenvalue weighted by atomic mass is 16.6. The minimum atomic E-state index is -1.11. The molecule has 0 spiro atoms. The Balaban J connectivity index is 2.11. The molecule has 1 heterocycles. The maximum atomic E-state index is 12.1. The summed E-state index contributed by atoms with van der Waals surface area (Å²) in [6.07, 6.45) is 4.17. The van der Waals surface area contributed by atoms with Crippen LogP contribution in [0.4, 0.5) is 0 Å². The van der Waals surface area contributed by atoms with Crippen LogP contribution in [0.1, 0.15) is 11.7 Å². The first kappa shape index (κ1) is 16.5. The maximum Gasteiger partial charge on any atom is 0.351 e. The number of nitrogens with zero attached hydrogens (tertiary/aromatic N) is 2. The highest BCUT2D eigenvalue weighted by Gasteiger charge is 2.26. The predicted octanol–water partition coefficient (Wildman–Crippen LogP) is 0.779. The van der Waals surface area contributed by atoms with E-state index >= 15 is 0 Å². The Labute approximate surface area is 134 Å². The zero-order chi connectivity index (χ0) is 16.8. The van der Waals surface area contributed by atoms with Gasteiger partial charge < -0.3 is 14.2 Å². The van der Waals surface area contributed by atoms with Gasteiger partial charge in [-0.15, -0.1) is 0 Å². The normalized spacial score (nSPS) is 11.6. The standard InChI is InChI=1S/C16H19N2O5/c1-17-8-9-18(11-17)10-14(19)23-15(16(20)22-3)12-4-6-13(21-2)7-5-12/h4-9,11,15H,10H2,1-3H3/q+1. The van der Waals surface area contributed by atoms with E-state index in [0.717, 1.165) is 0 Å². The largest absolute Gasteiger partial charge is 0.497 e. The van der Waals surface area contributed by atoms with E-state index in [1.807, 2.05) is 7.05 Å². The van der Waals surface area contributed by atoms with Gasteiger partial charge in [0, 0.05) is 5.56 Å². The Morgan fingerprint density at radius 1 is 1.22 bits per heavy atom. The molecule has 2 aromatic rings. The number of imidazole rings is 1. The van der Waals surface area contributed by atoms with Gasteiger partial charge in [-0.2, -0.15) is 0 Å². The van der Waals surface area contributed by atoms with E-state index in [1.54, 1.807) is 59.2 Å². The van der Waals surface area contributed by atoms with Crippen molar-refractivity contribution in [1.82, 2.24) is 4.57 Å². The lowest BCUT2D eigenvalue weighted by Crippen LogP contribution is -2.37. The number of carbonyl (C=O) groups is 2. The molecule has 1 atom stereocenters. The molecule has 0 aliphatic rings. The average Bonchev–Trinajstić information content (AvgIpc) is 2.97. The molecule has 1 aromatic heterocycles. The van der Waals surface area contributed by atoms with E-state index in [4.69, 9.17) is 14.2 Å². The summed E-state index contributed by atoms with van der Waals surface area (Å²) < 4.78 is 18.5. The molecule has 122 valence electrons. The lowest BCUT2D eigenvalue weighted by atomic mass is 10.1. The number of aromatic nitrogens is 2. The van der Waals surface area contributed by atoms with Crippen molar-refractivity contribution in [2.75, 3.05) is 14.2 Å². The fraction of sp³-hybridized carbons (Fsp3) is 0.312. The smallest absolute Gasteiger partial charge is 0.351 e. The van der Waals surface area contributed by atoms with Crippen LogP contribution < -0.4 is 9.30 Å². The topological polar surface area (TPSA) is 70.6 Å². The zero-order valence-corrected chi connectivity index (χ0v) is 13.3. The zero-order valence-electron chi connectivity index (χ0n) is 13.3. The van der Waals surface area contributed by atoms with Crippen LogP contribution in [-0.4, -0.2) is 30.7 Å². The van der Waals surface area contributed by atoms with Gasteiger partial charge in [-0.3, -0.25) is 0 Å². The van der Waals surface area contributed by atoms with Crippen molar-refractivity contribution in [3.05, 3.63) is 48.5 Å². The number of benzene rings is 1. The fourth-order valence-electron chi connectivity index (χ4n) is 2.05. The summed E-state index contributed by atoms with van der Waals surface area (Å²) in [6.45, 7) is 0.00445. The highest BCUT2D eigenvalue weighted by Crippen LogP contribution is 2.22. The van der Waals surface area contributed by atoms with Crippen molar-refractivity contribution in [2.45, 2.75) is 12.6 Å². The molecule has 2 rings (SSSR count). The van der Waals surface area contributed by atoms with Crippen molar-refractivity contribution in [3.8, 4) is 5.75 Å². The minimum Gasteiger partial charge on any atom is -0.497 e. The van der Waals surface area contributed by atoms with E-state index in [9.17, 15) is 9.59 Å². The monoisotopic (exact) mass is 319 g/mol. The third kappa shape index (κ3) is 4.32. The minimum absolute atomic E-state index is 0.00445. The number of esters is 2. The molecule has 0 saturated heterocycles. The van der Waals surface area contributed by atoms with Gasteiger partial charge in [0.2, 0.25) is 12.4 Å². The highest BCUT2D eigenvalue weighted by molar-refractivity contribution is 5.80. The van der Waals surface area contributed by atoms with Crippen molar-refractivity contribution < 1.29 is 28.4 Å². The van der Waals surface area contributed by atoms with Gasteiger partial charge in [0.05, 0.1) is 21.3 Å². The SMILES string of the molecule is COC(=O)C(OC(=O)C[n+]1ccn(C)c1)c1ccc(OC)cc1. The van der Waals surface area contributed by atoms with Gasteiger partial charge in [0.1, 0.15) is 18.1 Å². The first-order valence-corrected chi connectivity index (χ1v) is 6.95. The Morgan fingerprint density at radius 2 is 1.91 bits per heavy atom. The molecule has 0 fully saturated rings. The number of rotatable bonds is 6. The summed E-state index contributed by atoms with van der Waals surface area (Å²) in [4.78, 5) is 24.0. The molecule has 1 aromatic carbocycles. The molecular weight excluding hydrogens is 300 g/mol. The lowest BCUT2D eigenvalue weighted by molar-refractivity contribution is -0.685. The number of carbonyl (C=O) groups excluding carboxylic acids is 2. The number of methoxy groups -OCH3 is 2. The quantitative estimate of drug-likeness (QED) is 0.581. The summed E-state index contributed by atoms with van der Waals surface area (Å²) in [5, 5.41) is 0. The number of hydrogen-bond donors (Lipinski definition) is 0. The molecular formula is C16H19N2O5+. The first-order chi connectivity index (χ1) is 11.0. The van der Waals surface area contributed by atoms with Crippen LogP contribution in [0.2, 0.25) is 0 Å². The molecule has 0 amide bonds. The summed E-state index contributed by atoms with van der Waals surface area (Å²) >= 11 is 0. The Kier molecular flexibility index (Phi) is 5.35. The van der Waals surface area contributed by atoms with Crippen LogP contribution in [0.5, 0.6) is 5.75 Å². The molecule has 7 nitrogen and oxygen atoms in total. The number of hydrogen-bond acceptors (Lipinski definition) is 5. The van der Waals surface area contributed by atoms with E-state index in [2.05, 4.69) is 0 Å². The van der Waals surface area contributed by atoms with E-state index in [-0.39, 0.29) is 6.54 Å². The van der Waals surface area contributed by atoms with E-state index < -0.39 is 18.0 Å². The van der Waals surface area contributed by atoms with Crippen LogP contribution in [0, 0.1) is 0 Å². The van der Waals surface area contributed by atoms with Gasteiger partial charge in [0.25, 0.3) is 0 Å².